The predicted molar refractivity (Wildman–Crippen MR) is 126 cm³/mol. The van der Waals surface area contributed by atoms with Gasteiger partial charge in [-0.3, -0.25) is 4.79 Å². The van der Waals surface area contributed by atoms with Crippen LogP contribution < -0.4 is 10.5 Å². The van der Waals surface area contributed by atoms with Gasteiger partial charge in [0.1, 0.15) is 5.75 Å². The maximum Gasteiger partial charge on any atom is 0.490 e. The van der Waals surface area contributed by atoms with Crippen molar-refractivity contribution in [2.45, 2.75) is 31.9 Å². The number of halogens is 3. The summed E-state index contributed by atoms with van der Waals surface area (Å²) in [6.07, 6.45) is -0.400. The van der Waals surface area contributed by atoms with Crippen molar-refractivity contribution in [3.8, 4) is 16.9 Å². The molecule has 0 aliphatic heterocycles. The highest BCUT2D eigenvalue weighted by Gasteiger charge is 2.38. The van der Waals surface area contributed by atoms with Crippen molar-refractivity contribution in [3.05, 3.63) is 89.0 Å². The summed E-state index contributed by atoms with van der Waals surface area (Å²) in [5, 5.41) is 7.12. The largest absolute Gasteiger partial charge is 0.495 e. The Morgan fingerprint density at radius 3 is 2.03 bits per heavy atom. The molecule has 3 aromatic carbocycles. The minimum atomic E-state index is -5.08. The Hall–Kier alpha value is -3.81. The number of carbonyl (C=O) groups is 2. The van der Waals surface area contributed by atoms with Gasteiger partial charge in [0.25, 0.3) is 5.91 Å². The van der Waals surface area contributed by atoms with Crippen LogP contribution in [0.2, 0.25) is 0 Å². The van der Waals surface area contributed by atoms with Gasteiger partial charge in [0, 0.05) is 5.56 Å². The summed E-state index contributed by atoms with van der Waals surface area (Å²) in [6, 6.07) is 22.8. The van der Waals surface area contributed by atoms with Gasteiger partial charge in [-0.2, -0.15) is 13.2 Å². The van der Waals surface area contributed by atoms with Crippen LogP contribution in [0.1, 0.15) is 33.5 Å². The van der Waals surface area contributed by atoms with E-state index < -0.39 is 18.1 Å². The van der Waals surface area contributed by atoms with E-state index in [0.717, 1.165) is 23.5 Å². The number of aliphatic carboxylic acids is 1. The lowest BCUT2D eigenvalue weighted by molar-refractivity contribution is -0.192. The zero-order valence-corrected chi connectivity index (χ0v) is 19.1. The van der Waals surface area contributed by atoms with E-state index in [1.165, 1.54) is 36.0 Å². The molecule has 1 amide bonds. The number of carbonyl (C=O) groups excluding carboxylic acids is 1. The lowest BCUT2D eigenvalue weighted by atomic mass is 9.95. The van der Waals surface area contributed by atoms with Gasteiger partial charge in [-0.25, -0.2) is 4.79 Å². The van der Waals surface area contributed by atoms with E-state index in [1.807, 2.05) is 12.1 Å². The van der Waals surface area contributed by atoms with E-state index in [1.54, 1.807) is 13.2 Å². The lowest BCUT2D eigenvalue weighted by Crippen LogP contribution is -2.21. The van der Waals surface area contributed by atoms with E-state index in [-0.39, 0.29) is 0 Å². The van der Waals surface area contributed by atoms with E-state index >= 15 is 0 Å². The molecular formula is C27H26F3NO4. The molecule has 0 fully saturated rings. The highest BCUT2D eigenvalue weighted by molar-refractivity contribution is 5.98. The number of para-hydroxylation sites is 1. The number of primary amides is 1. The second kappa shape index (κ2) is 11.1. The maximum atomic E-state index is 11.7. The van der Waals surface area contributed by atoms with Crippen LogP contribution in [0.5, 0.6) is 5.75 Å². The summed E-state index contributed by atoms with van der Waals surface area (Å²) in [5.41, 5.74) is 12.2. The second-order valence-electron chi connectivity index (χ2n) is 8.33. The highest BCUT2D eigenvalue weighted by atomic mass is 19.4. The molecule has 3 aromatic rings. The van der Waals surface area contributed by atoms with Crippen LogP contribution in [0.15, 0.2) is 66.7 Å². The van der Waals surface area contributed by atoms with E-state index in [2.05, 4.69) is 48.5 Å². The number of fused-ring (bicyclic) bond motifs is 1. The first kappa shape index (κ1) is 25.8. The van der Waals surface area contributed by atoms with Gasteiger partial charge in [-0.15, -0.1) is 0 Å². The fraction of sp³-hybridized carbons (Fsp3) is 0.259. The van der Waals surface area contributed by atoms with Crippen molar-refractivity contribution in [2.75, 3.05) is 7.11 Å². The van der Waals surface area contributed by atoms with E-state index in [9.17, 15) is 18.0 Å². The molecule has 0 heterocycles. The second-order valence-corrected chi connectivity index (χ2v) is 8.33. The number of methoxy groups -OCH3 is 1. The molecule has 1 aliphatic rings. The Morgan fingerprint density at radius 1 is 0.971 bits per heavy atom. The van der Waals surface area contributed by atoms with Crippen molar-refractivity contribution < 1.29 is 32.6 Å². The molecule has 0 aromatic heterocycles. The molecule has 0 atom stereocenters. The molecule has 0 unspecified atom stereocenters. The fourth-order valence-corrected chi connectivity index (χ4v) is 4.25. The molecule has 0 bridgehead atoms. The number of aryl methyl sites for hydroxylation is 1. The zero-order chi connectivity index (χ0) is 25.6. The van der Waals surface area contributed by atoms with Crippen LogP contribution in [0.3, 0.4) is 0 Å². The lowest BCUT2D eigenvalue weighted by Gasteiger charge is -2.13. The molecule has 0 radical (unpaired) electrons. The van der Waals surface area contributed by atoms with Crippen molar-refractivity contribution in [2.24, 2.45) is 11.7 Å². The first-order valence-electron chi connectivity index (χ1n) is 11.0. The number of nitrogens with two attached hydrogens (primary N) is 1. The number of amides is 1. The van der Waals surface area contributed by atoms with Gasteiger partial charge < -0.3 is 15.6 Å². The topological polar surface area (TPSA) is 89.6 Å². The molecule has 8 heteroatoms. The molecule has 1 aliphatic carbocycles. The zero-order valence-electron chi connectivity index (χ0n) is 19.1. The first-order valence-corrected chi connectivity index (χ1v) is 11.0. The standard InChI is InChI=1S/C25H25NO2.C2HF3O2/c1-28-24-22(7-4-8-23(24)25(26)27)19-13-11-17(12-14-19)9-10-18-15-20-5-2-3-6-21(20)16-18;3-2(4,5)1(6)7/h2-8,11-14,18H,9-10,15-16H2,1H3,(H2,26,27);(H,6,7). The van der Waals surface area contributed by atoms with E-state index in [4.69, 9.17) is 20.4 Å². The van der Waals surface area contributed by atoms with Crippen molar-refractivity contribution >= 4 is 11.9 Å². The molecule has 184 valence electrons. The Bertz CT molecular complexity index is 1160. The quantitative estimate of drug-likeness (QED) is 0.486. The van der Waals surface area contributed by atoms with Gasteiger partial charge in [0.05, 0.1) is 12.7 Å². The minimum absolute atomic E-state index is 0.407. The molecule has 5 nitrogen and oxygen atoms in total. The van der Waals surface area contributed by atoms with Gasteiger partial charge in [0.2, 0.25) is 0 Å². The van der Waals surface area contributed by atoms with Gasteiger partial charge >= 0.3 is 12.1 Å². The number of hydrogen-bond donors (Lipinski definition) is 2. The fourth-order valence-electron chi connectivity index (χ4n) is 4.25. The van der Waals surface area contributed by atoms with Crippen LogP contribution in [-0.4, -0.2) is 30.3 Å². The maximum absolute atomic E-state index is 11.7. The molecule has 3 N–H and O–H groups in total. The Labute approximate surface area is 201 Å². The molecular weight excluding hydrogens is 459 g/mol. The number of ether oxygens (including phenoxy) is 1. The summed E-state index contributed by atoms with van der Waals surface area (Å²) >= 11 is 0. The number of rotatable bonds is 6. The summed E-state index contributed by atoms with van der Waals surface area (Å²) in [5.74, 6) is -1.96. The normalized spacial score (nSPS) is 12.9. The van der Waals surface area contributed by atoms with Gasteiger partial charge in [0.15, 0.2) is 0 Å². The average molecular weight is 486 g/mol. The monoisotopic (exact) mass is 485 g/mol. The average Bonchev–Trinajstić information content (AvgIpc) is 3.25. The molecule has 35 heavy (non-hydrogen) atoms. The van der Waals surface area contributed by atoms with Gasteiger partial charge in [-0.05, 0) is 59.9 Å². The van der Waals surface area contributed by atoms with E-state index in [0.29, 0.717) is 11.3 Å². The summed E-state index contributed by atoms with van der Waals surface area (Å²) in [4.78, 5) is 20.5. The Morgan fingerprint density at radius 2 is 1.54 bits per heavy atom. The molecule has 0 saturated heterocycles. The summed E-state index contributed by atoms with van der Waals surface area (Å²) in [7, 11) is 1.57. The number of hydrogen-bond acceptors (Lipinski definition) is 3. The van der Waals surface area contributed by atoms with Crippen molar-refractivity contribution in [3.63, 3.8) is 0 Å². The third-order valence-electron chi connectivity index (χ3n) is 5.97. The highest BCUT2D eigenvalue weighted by Crippen LogP contribution is 2.34. The molecule has 4 rings (SSSR count). The van der Waals surface area contributed by atoms with Crippen LogP contribution in [0.4, 0.5) is 13.2 Å². The van der Waals surface area contributed by atoms with Crippen molar-refractivity contribution in [1.82, 2.24) is 0 Å². The van der Waals surface area contributed by atoms with Crippen LogP contribution in [-0.2, 0) is 24.1 Å². The molecule has 0 spiro atoms. The third kappa shape index (κ3) is 6.62. The Kier molecular flexibility index (Phi) is 8.17. The van der Waals surface area contributed by atoms with Crippen LogP contribution >= 0.6 is 0 Å². The number of carboxylic acid groups (broad SMARTS) is 1. The predicted octanol–water partition coefficient (Wildman–Crippen LogP) is 5.44. The van der Waals surface area contributed by atoms with Crippen LogP contribution in [0, 0.1) is 5.92 Å². The minimum Gasteiger partial charge on any atom is -0.495 e. The third-order valence-corrected chi connectivity index (χ3v) is 5.97. The number of alkyl halides is 3. The SMILES string of the molecule is COc1c(C(N)=O)cccc1-c1ccc(CCC2Cc3ccccc3C2)cc1.O=C(O)C(F)(F)F. The first-order chi connectivity index (χ1) is 16.6. The Balaban J connectivity index is 0.000000429. The summed E-state index contributed by atoms with van der Waals surface area (Å²) in [6.45, 7) is 0. The summed E-state index contributed by atoms with van der Waals surface area (Å²) < 4.78 is 37.2. The smallest absolute Gasteiger partial charge is 0.490 e. The van der Waals surface area contributed by atoms with Gasteiger partial charge in [-0.1, -0.05) is 60.7 Å². The van der Waals surface area contributed by atoms with Crippen LogP contribution in [0.25, 0.3) is 11.1 Å². The molecule has 0 saturated carbocycles. The number of benzene rings is 3. The van der Waals surface area contributed by atoms with Crippen molar-refractivity contribution in [1.29, 1.82) is 0 Å². The number of carboxylic acids is 1.